The first-order chi connectivity index (χ1) is 12.0. The molecule has 0 aliphatic heterocycles. The van der Waals surface area contributed by atoms with Crippen molar-refractivity contribution in [2.75, 3.05) is 13.1 Å². The van der Waals surface area contributed by atoms with E-state index < -0.39 is 11.0 Å². The predicted molar refractivity (Wildman–Crippen MR) is 92.3 cm³/mol. The van der Waals surface area contributed by atoms with E-state index in [4.69, 9.17) is 0 Å². The van der Waals surface area contributed by atoms with Crippen molar-refractivity contribution in [2.45, 2.75) is 12.5 Å². The Kier molecular flexibility index (Phi) is 6.61. The van der Waals surface area contributed by atoms with E-state index in [0.717, 1.165) is 0 Å². The number of rotatable bonds is 8. The standard InChI is InChI=1S/C16H17N3O5S/c20-14(11-1-3-13(4-2-11)19(23)24)9-18-15(21)5-7-17-16(22)12-6-8-25-10-12/h1-4,6,8,10,14,20H,5,7,9H2,(H,17,22)(H,18,21). The highest BCUT2D eigenvalue weighted by Crippen LogP contribution is 2.17. The quantitative estimate of drug-likeness (QED) is 0.486. The molecule has 2 amide bonds. The summed E-state index contributed by atoms with van der Waals surface area (Å²) in [5.74, 6) is -0.549. The van der Waals surface area contributed by atoms with Crippen molar-refractivity contribution in [3.63, 3.8) is 0 Å². The lowest BCUT2D eigenvalue weighted by Gasteiger charge is -2.12. The topological polar surface area (TPSA) is 122 Å². The minimum absolute atomic E-state index is 0.0187. The van der Waals surface area contributed by atoms with Crippen LogP contribution >= 0.6 is 11.3 Å². The first-order valence-corrected chi connectivity index (χ1v) is 8.41. The normalized spacial score (nSPS) is 11.6. The van der Waals surface area contributed by atoms with Crippen LogP contribution in [0.1, 0.15) is 28.4 Å². The molecule has 0 saturated heterocycles. The summed E-state index contributed by atoms with van der Waals surface area (Å²) in [4.78, 5) is 33.5. The number of non-ortho nitro benzene ring substituents is 1. The molecule has 0 bridgehead atoms. The lowest BCUT2D eigenvalue weighted by Crippen LogP contribution is -2.32. The second kappa shape index (κ2) is 8.90. The zero-order valence-corrected chi connectivity index (χ0v) is 14.0. The number of hydrogen-bond donors (Lipinski definition) is 3. The van der Waals surface area contributed by atoms with E-state index in [9.17, 15) is 24.8 Å². The van der Waals surface area contributed by atoms with Crippen LogP contribution in [0.4, 0.5) is 5.69 Å². The third kappa shape index (κ3) is 5.66. The number of carbonyl (C=O) groups excluding carboxylic acids is 2. The average molecular weight is 363 g/mol. The number of nitrogens with zero attached hydrogens (tertiary/aromatic N) is 1. The lowest BCUT2D eigenvalue weighted by molar-refractivity contribution is -0.384. The number of nitro groups is 1. The molecule has 0 aliphatic rings. The minimum Gasteiger partial charge on any atom is -0.387 e. The van der Waals surface area contributed by atoms with E-state index in [-0.39, 0.29) is 37.0 Å². The van der Waals surface area contributed by atoms with Crippen LogP contribution in [-0.4, -0.2) is 34.9 Å². The van der Waals surface area contributed by atoms with Gasteiger partial charge in [-0.1, -0.05) is 0 Å². The van der Waals surface area contributed by atoms with Gasteiger partial charge in [0.25, 0.3) is 11.6 Å². The summed E-state index contributed by atoms with van der Waals surface area (Å²) in [6, 6.07) is 7.16. The van der Waals surface area contributed by atoms with Crippen molar-refractivity contribution in [3.05, 3.63) is 62.3 Å². The van der Waals surface area contributed by atoms with Crippen LogP contribution in [0.5, 0.6) is 0 Å². The Morgan fingerprint density at radius 1 is 1.20 bits per heavy atom. The molecule has 0 radical (unpaired) electrons. The van der Waals surface area contributed by atoms with Gasteiger partial charge in [-0.15, -0.1) is 0 Å². The molecule has 2 rings (SSSR count). The molecule has 1 atom stereocenters. The fourth-order valence-corrected chi connectivity index (χ4v) is 2.66. The smallest absolute Gasteiger partial charge is 0.269 e. The van der Waals surface area contributed by atoms with Gasteiger partial charge in [0.05, 0.1) is 11.0 Å². The summed E-state index contributed by atoms with van der Waals surface area (Å²) in [5, 5.41) is 29.3. The summed E-state index contributed by atoms with van der Waals surface area (Å²) in [6.45, 7) is 0.170. The Morgan fingerprint density at radius 2 is 1.92 bits per heavy atom. The molecule has 0 spiro atoms. The number of hydrogen-bond acceptors (Lipinski definition) is 6. The number of amides is 2. The molecule has 0 aliphatic carbocycles. The van der Waals surface area contributed by atoms with Gasteiger partial charge in [0.2, 0.25) is 5.91 Å². The number of carbonyl (C=O) groups is 2. The second-order valence-electron chi connectivity index (χ2n) is 5.19. The number of nitro benzene ring substituents is 1. The Bertz CT molecular complexity index is 731. The van der Waals surface area contributed by atoms with Crippen molar-refractivity contribution in [2.24, 2.45) is 0 Å². The Morgan fingerprint density at radius 3 is 2.52 bits per heavy atom. The molecule has 1 unspecified atom stereocenters. The van der Waals surface area contributed by atoms with Crippen molar-refractivity contribution in [1.29, 1.82) is 0 Å². The molecule has 0 fully saturated rings. The van der Waals surface area contributed by atoms with E-state index in [1.807, 2.05) is 0 Å². The molecule has 1 aromatic heterocycles. The van der Waals surface area contributed by atoms with Crippen LogP contribution in [0.3, 0.4) is 0 Å². The molecule has 8 nitrogen and oxygen atoms in total. The van der Waals surface area contributed by atoms with Gasteiger partial charge in [-0.3, -0.25) is 19.7 Å². The molecule has 25 heavy (non-hydrogen) atoms. The second-order valence-corrected chi connectivity index (χ2v) is 5.97. The Hall–Kier alpha value is -2.78. The molecular weight excluding hydrogens is 346 g/mol. The molecule has 1 heterocycles. The first kappa shape index (κ1) is 18.6. The van der Waals surface area contributed by atoms with E-state index in [0.29, 0.717) is 11.1 Å². The molecule has 132 valence electrons. The van der Waals surface area contributed by atoms with Gasteiger partial charge in [0.1, 0.15) is 0 Å². The Labute approximate surface area is 147 Å². The van der Waals surface area contributed by atoms with Crippen molar-refractivity contribution >= 4 is 28.8 Å². The number of thiophene rings is 1. The summed E-state index contributed by atoms with van der Waals surface area (Å²) in [5.41, 5.74) is 0.956. The van der Waals surface area contributed by atoms with Crippen molar-refractivity contribution < 1.29 is 19.6 Å². The summed E-state index contributed by atoms with van der Waals surface area (Å²) in [7, 11) is 0. The van der Waals surface area contributed by atoms with Crippen LogP contribution in [0, 0.1) is 10.1 Å². The number of benzene rings is 1. The third-order valence-electron chi connectivity index (χ3n) is 3.40. The Balaban J connectivity index is 1.70. The number of aliphatic hydroxyl groups excluding tert-OH is 1. The van der Waals surface area contributed by atoms with Crippen LogP contribution in [0.2, 0.25) is 0 Å². The van der Waals surface area contributed by atoms with Crippen LogP contribution in [0.25, 0.3) is 0 Å². The van der Waals surface area contributed by atoms with Gasteiger partial charge in [-0.05, 0) is 29.1 Å². The van der Waals surface area contributed by atoms with Crippen molar-refractivity contribution in [3.8, 4) is 0 Å². The largest absolute Gasteiger partial charge is 0.387 e. The number of aliphatic hydroxyl groups is 1. The predicted octanol–water partition coefficient (Wildman–Crippen LogP) is 1.63. The van der Waals surface area contributed by atoms with Gasteiger partial charge in [-0.2, -0.15) is 11.3 Å². The van der Waals surface area contributed by atoms with Gasteiger partial charge in [0.15, 0.2) is 0 Å². The fraction of sp³-hybridized carbons (Fsp3) is 0.250. The van der Waals surface area contributed by atoms with E-state index in [2.05, 4.69) is 10.6 Å². The maximum absolute atomic E-state index is 11.7. The fourth-order valence-electron chi connectivity index (χ4n) is 2.02. The first-order valence-electron chi connectivity index (χ1n) is 7.47. The highest BCUT2D eigenvalue weighted by atomic mass is 32.1. The molecule has 0 saturated carbocycles. The molecule has 3 N–H and O–H groups in total. The van der Waals surface area contributed by atoms with Crippen LogP contribution in [0.15, 0.2) is 41.1 Å². The van der Waals surface area contributed by atoms with Crippen LogP contribution < -0.4 is 10.6 Å². The summed E-state index contributed by atoms with van der Waals surface area (Å²) < 4.78 is 0. The maximum Gasteiger partial charge on any atom is 0.269 e. The average Bonchev–Trinajstić information content (AvgIpc) is 3.14. The lowest BCUT2D eigenvalue weighted by atomic mass is 10.1. The SMILES string of the molecule is O=C(CCNC(=O)c1ccsc1)NCC(O)c1ccc([N+](=O)[O-])cc1. The molecule has 2 aromatic rings. The minimum atomic E-state index is -0.967. The monoisotopic (exact) mass is 363 g/mol. The molecule has 1 aromatic carbocycles. The van der Waals surface area contributed by atoms with Gasteiger partial charge in [0, 0.05) is 42.6 Å². The van der Waals surface area contributed by atoms with Gasteiger partial charge < -0.3 is 15.7 Å². The third-order valence-corrected chi connectivity index (χ3v) is 4.09. The number of nitrogens with one attached hydrogen (secondary N) is 2. The van der Waals surface area contributed by atoms with E-state index >= 15 is 0 Å². The highest BCUT2D eigenvalue weighted by Gasteiger charge is 2.12. The molecule has 9 heteroatoms. The van der Waals surface area contributed by atoms with Crippen molar-refractivity contribution in [1.82, 2.24) is 10.6 Å². The van der Waals surface area contributed by atoms with Gasteiger partial charge >= 0.3 is 0 Å². The zero-order chi connectivity index (χ0) is 18.2. The zero-order valence-electron chi connectivity index (χ0n) is 13.2. The maximum atomic E-state index is 11.7. The van der Waals surface area contributed by atoms with E-state index in [1.165, 1.54) is 35.6 Å². The highest BCUT2D eigenvalue weighted by molar-refractivity contribution is 7.08. The summed E-state index contributed by atoms with van der Waals surface area (Å²) in [6.07, 6.45) is -0.881. The molecular formula is C16H17N3O5S. The summed E-state index contributed by atoms with van der Waals surface area (Å²) >= 11 is 1.41. The van der Waals surface area contributed by atoms with E-state index in [1.54, 1.807) is 16.8 Å². The van der Waals surface area contributed by atoms with Crippen LogP contribution in [-0.2, 0) is 4.79 Å². The van der Waals surface area contributed by atoms with Gasteiger partial charge in [-0.25, -0.2) is 0 Å².